The van der Waals surface area contributed by atoms with Crippen LogP contribution < -0.4 is 4.90 Å². The second-order valence-corrected chi connectivity index (χ2v) is 11.5. The van der Waals surface area contributed by atoms with Gasteiger partial charge in [-0.15, -0.1) is 0 Å². The number of rotatable bonds is 5. The molecule has 0 aliphatic carbocycles. The molecule has 35 heavy (non-hydrogen) atoms. The monoisotopic (exact) mass is 510 g/mol. The Morgan fingerprint density at radius 2 is 1.80 bits per heavy atom. The number of amides is 1. The maximum atomic E-state index is 13.0. The molecule has 1 fully saturated rings. The molecule has 182 valence electrons. The first-order valence-corrected chi connectivity index (χ1v) is 13.7. The van der Waals surface area contributed by atoms with E-state index in [9.17, 15) is 13.2 Å². The van der Waals surface area contributed by atoms with Gasteiger partial charge in [0.15, 0.2) is 9.84 Å². The molecule has 3 heterocycles. The molecule has 1 saturated heterocycles. The van der Waals surface area contributed by atoms with Crippen LogP contribution in [0.3, 0.4) is 0 Å². The van der Waals surface area contributed by atoms with Gasteiger partial charge in [-0.25, -0.2) is 13.4 Å². The number of carbonyl (C=O) groups is 1. The summed E-state index contributed by atoms with van der Waals surface area (Å²) in [6.45, 7) is 4.65. The van der Waals surface area contributed by atoms with E-state index in [0.717, 1.165) is 40.9 Å². The number of aromatic nitrogens is 2. The zero-order valence-corrected chi connectivity index (χ0v) is 21.1. The number of hydrogen-bond acceptors (Lipinski definition) is 5. The Bertz CT molecular complexity index is 1520. The van der Waals surface area contributed by atoms with Crippen molar-refractivity contribution in [2.45, 2.75) is 24.7 Å². The molecule has 0 spiro atoms. The van der Waals surface area contributed by atoms with Gasteiger partial charge in [-0.1, -0.05) is 29.8 Å². The summed E-state index contributed by atoms with van der Waals surface area (Å²) < 4.78 is 28.0. The van der Waals surface area contributed by atoms with Gasteiger partial charge in [0.2, 0.25) is 5.91 Å². The second-order valence-electron chi connectivity index (χ2n) is 8.94. The molecule has 4 aromatic rings. The summed E-state index contributed by atoms with van der Waals surface area (Å²) in [5.41, 5.74) is 1.86. The lowest BCUT2D eigenvalue weighted by Crippen LogP contribution is -2.36. The molecular weight excluding hydrogens is 484 g/mol. The number of anilines is 1. The molecule has 2 aromatic carbocycles. The minimum atomic E-state index is -3.58. The zero-order chi connectivity index (χ0) is 24.6. The van der Waals surface area contributed by atoms with E-state index in [1.807, 2.05) is 25.3 Å². The van der Waals surface area contributed by atoms with Crippen molar-refractivity contribution in [3.63, 3.8) is 0 Å². The molecule has 1 amide bonds. The zero-order valence-electron chi connectivity index (χ0n) is 19.5. The van der Waals surface area contributed by atoms with E-state index in [-0.39, 0.29) is 23.0 Å². The summed E-state index contributed by atoms with van der Waals surface area (Å²) in [6, 6.07) is 16.4. The van der Waals surface area contributed by atoms with Crippen molar-refractivity contribution in [3.8, 4) is 0 Å². The van der Waals surface area contributed by atoms with Crippen molar-refractivity contribution < 1.29 is 13.2 Å². The van der Waals surface area contributed by atoms with E-state index < -0.39 is 9.84 Å². The van der Waals surface area contributed by atoms with Gasteiger partial charge in [0, 0.05) is 43.8 Å². The largest absolute Gasteiger partial charge is 0.356 e. The van der Waals surface area contributed by atoms with Crippen LogP contribution in [0.2, 0.25) is 5.02 Å². The lowest BCUT2D eigenvalue weighted by molar-refractivity contribution is -0.130. The van der Waals surface area contributed by atoms with E-state index >= 15 is 0 Å². The molecule has 0 bridgehead atoms. The third-order valence-electron chi connectivity index (χ3n) is 6.48. The molecule has 0 saturated carbocycles. The van der Waals surface area contributed by atoms with Gasteiger partial charge in [-0.2, -0.15) is 0 Å². The fraction of sp³-hybridized carbons (Fsp3) is 0.308. The lowest BCUT2D eigenvalue weighted by atomic mass is 10.1. The van der Waals surface area contributed by atoms with Crippen LogP contribution in [-0.2, 0) is 14.6 Å². The highest BCUT2D eigenvalue weighted by atomic mass is 35.5. The average Bonchev–Trinajstić information content (AvgIpc) is 3.06. The first kappa shape index (κ1) is 23.6. The van der Waals surface area contributed by atoms with Crippen LogP contribution in [0, 0.1) is 6.92 Å². The molecule has 1 aliphatic heterocycles. The third-order valence-corrected chi connectivity index (χ3v) is 8.43. The third kappa shape index (κ3) is 4.99. The number of benzene rings is 2. The van der Waals surface area contributed by atoms with Crippen LogP contribution in [0.1, 0.15) is 18.5 Å². The van der Waals surface area contributed by atoms with Gasteiger partial charge >= 0.3 is 0 Å². The van der Waals surface area contributed by atoms with E-state index in [2.05, 4.69) is 20.4 Å². The Morgan fingerprint density at radius 3 is 2.66 bits per heavy atom. The van der Waals surface area contributed by atoms with Crippen molar-refractivity contribution in [2.24, 2.45) is 0 Å². The number of pyridine rings is 1. The van der Waals surface area contributed by atoms with Gasteiger partial charge in [0.25, 0.3) is 0 Å². The number of carbonyl (C=O) groups excluding carboxylic acids is 1. The lowest BCUT2D eigenvalue weighted by Gasteiger charge is -2.24. The van der Waals surface area contributed by atoms with Crippen LogP contribution in [-0.4, -0.2) is 60.5 Å². The van der Waals surface area contributed by atoms with Crippen molar-refractivity contribution in [3.05, 3.63) is 71.5 Å². The number of aryl methyl sites for hydroxylation is 1. The maximum absolute atomic E-state index is 13.0. The van der Waals surface area contributed by atoms with Crippen LogP contribution in [0.15, 0.2) is 65.7 Å². The highest BCUT2D eigenvalue weighted by Gasteiger charge is 2.23. The van der Waals surface area contributed by atoms with Crippen LogP contribution in [0.4, 0.5) is 5.82 Å². The van der Waals surface area contributed by atoms with Crippen LogP contribution >= 0.6 is 11.6 Å². The summed E-state index contributed by atoms with van der Waals surface area (Å²) in [5.74, 6) is 0.718. The standard InChI is InChI=1S/C26H27ClN4O3S/c1-19-18-31-24(28-19)4-2-5-25(31)29-11-3-12-30(14-13-29)26(32)10-15-35(33,34)23-9-7-20-16-22(27)8-6-21(20)17-23/h2,4-9,16-18H,3,10-15H2,1H3. The van der Waals surface area contributed by atoms with Gasteiger partial charge in [-0.05, 0) is 60.5 Å². The number of halogens is 1. The highest BCUT2D eigenvalue weighted by molar-refractivity contribution is 7.91. The molecule has 0 unspecified atom stereocenters. The summed E-state index contributed by atoms with van der Waals surface area (Å²) in [4.78, 5) is 21.8. The molecule has 0 N–H and O–H groups in total. The molecule has 1 aliphatic rings. The van der Waals surface area contributed by atoms with Gasteiger partial charge in [0.05, 0.1) is 16.3 Å². The number of fused-ring (bicyclic) bond motifs is 2. The molecule has 0 atom stereocenters. The number of imidazole rings is 1. The molecule has 7 nitrogen and oxygen atoms in total. The van der Waals surface area contributed by atoms with Crippen molar-refractivity contribution >= 4 is 49.6 Å². The van der Waals surface area contributed by atoms with Crippen molar-refractivity contribution in [1.82, 2.24) is 14.3 Å². The van der Waals surface area contributed by atoms with E-state index in [0.29, 0.717) is 24.7 Å². The summed E-state index contributed by atoms with van der Waals surface area (Å²) in [6.07, 6.45) is 2.80. The van der Waals surface area contributed by atoms with Crippen molar-refractivity contribution in [2.75, 3.05) is 36.8 Å². The number of hydrogen-bond donors (Lipinski definition) is 0. The first-order chi connectivity index (χ1) is 16.8. The molecule has 0 radical (unpaired) electrons. The van der Waals surface area contributed by atoms with Crippen LogP contribution in [0.5, 0.6) is 0 Å². The number of sulfone groups is 1. The predicted octanol–water partition coefficient (Wildman–Crippen LogP) is 4.35. The summed E-state index contributed by atoms with van der Waals surface area (Å²) in [5, 5.41) is 2.28. The summed E-state index contributed by atoms with van der Waals surface area (Å²) >= 11 is 6.02. The Kier molecular flexibility index (Phi) is 6.42. The number of nitrogens with zero attached hydrogens (tertiary/aromatic N) is 4. The minimum absolute atomic E-state index is 0.0305. The Hall–Kier alpha value is -3.10. The van der Waals surface area contributed by atoms with E-state index in [1.54, 1.807) is 41.3 Å². The normalized spacial score (nSPS) is 15.0. The topological polar surface area (TPSA) is 75.0 Å². The SMILES string of the molecule is Cc1cn2c(N3CCCN(C(=O)CCS(=O)(=O)c4ccc5cc(Cl)ccc5c4)CC3)cccc2n1. The Morgan fingerprint density at radius 1 is 1.00 bits per heavy atom. The maximum Gasteiger partial charge on any atom is 0.223 e. The second kappa shape index (κ2) is 9.51. The van der Waals surface area contributed by atoms with Gasteiger partial charge < -0.3 is 9.80 Å². The average molecular weight is 511 g/mol. The van der Waals surface area contributed by atoms with Gasteiger partial charge in [-0.3, -0.25) is 9.20 Å². The first-order valence-electron chi connectivity index (χ1n) is 11.7. The summed E-state index contributed by atoms with van der Waals surface area (Å²) in [7, 11) is -3.58. The van der Waals surface area contributed by atoms with Crippen LogP contribution in [0.25, 0.3) is 16.4 Å². The molecule has 2 aromatic heterocycles. The Balaban J connectivity index is 1.23. The fourth-order valence-corrected chi connectivity index (χ4v) is 6.10. The van der Waals surface area contributed by atoms with Crippen molar-refractivity contribution in [1.29, 1.82) is 0 Å². The quantitative estimate of drug-likeness (QED) is 0.399. The van der Waals surface area contributed by atoms with E-state index in [1.165, 1.54) is 0 Å². The predicted molar refractivity (Wildman–Crippen MR) is 139 cm³/mol. The smallest absolute Gasteiger partial charge is 0.223 e. The molecular formula is C26H27ClN4O3S. The van der Waals surface area contributed by atoms with E-state index in [4.69, 9.17) is 11.6 Å². The molecule has 5 rings (SSSR count). The van der Waals surface area contributed by atoms with Gasteiger partial charge in [0.1, 0.15) is 11.5 Å². The highest BCUT2D eigenvalue weighted by Crippen LogP contribution is 2.24. The molecule has 9 heteroatoms. The minimum Gasteiger partial charge on any atom is -0.356 e. The Labute approximate surface area is 209 Å². The fourth-order valence-electron chi connectivity index (χ4n) is 4.66.